The third kappa shape index (κ3) is 3.82. The summed E-state index contributed by atoms with van der Waals surface area (Å²) < 4.78 is 13.1. The molecule has 0 atom stereocenters. The van der Waals surface area contributed by atoms with Crippen LogP contribution in [0.1, 0.15) is 11.4 Å². The average molecular weight is 401 g/mol. The first kappa shape index (κ1) is 19.4. The van der Waals surface area contributed by atoms with Crippen LogP contribution in [0.15, 0.2) is 60.8 Å². The Morgan fingerprint density at radius 2 is 1.60 bits per heavy atom. The van der Waals surface area contributed by atoms with Crippen molar-refractivity contribution in [2.45, 2.75) is 13.8 Å². The highest BCUT2D eigenvalue weighted by molar-refractivity contribution is 5.69. The minimum atomic E-state index is 0.487. The molecule has 0 spiro atoms. The lowest BCUT2D eigenvalue weighted by Gasteiger charge is -2.17. The fourth-order valence-corrected chi connectivity index (χ4v) is 3.35. The molecular formula is C23H23N5O2. The maximum atomic E-state index is 5.64. The van der Waals surface area contributed by atoms with Gasteiger partial charge in [-0.05, 0) is 32.0 Å². The standard InChI is InChI=1S/C23H23N5O2/c1-15-12-16(2)26-22(25-15)27-23-24-14-20(17-8-6-5-7-9-17)28(23)19-13-18(29-3)10-11-21(19)30-4/h5-14H,1-4H3,(H,24,25,26,27). The molecule has 7 heteroatoms. The van der Waals surface area contributed by atoms with E-state index in [9.17, 15) is 0 Å². The van der Waals surface area contributed by atoms with Gasteiger partial charge in [-0.1, -0.05) is 30.3 Å². The van der Waals surface area contributed by atoms with Crippen LogP contribution in [0.2, 0.25) is 0 Å². The summed E-state index contributed by atoms with van der Waals surface area (Å²) in [5, 5.41) is 3.26. The van der Waals surface area contributed by atoms with Crippen LogP contribution in [-0.4, -0.2) is 33.7 Å². The van der Waals surface area contributed by atoms with Crippen LogP contribution in [0.3, 0.4) is 0 Å². The zero-order chi connectivity index (χ0) is 21.1. The van der Waals surface area contributed by atoms with E-state index >= 15 is 0 Å². The minimum Gasteiger partial charge on any atom is -0.497 e. The van der Waals surface area contributed by atoms with E-state index < -0.39 is 0 Å². The monoisotopic (exact) mass is 401 g/mol. The van der Waals surface area contributed by atoms with Crippen molar-refractivity contribution < 1.29 is 9.47 Å². The van der Waals surface area contributed by atoms with Crippen LogP contribution >= 0.6 is 0 Å². The van der Waals surface area contributed by atoms with Gasteiger partial charge in [-0.3, -0.25) is 9.88 Å². The Balaban J connectivity index is 1.91. The normalized spacial score (nSPS) is 10.7. The van der Waals surface area contributed by atoms with Gasteiger partial charge < -0.3 is 9.47 Å². The quantitative estimate of drug-likeness (QED) is 0.504. The van der Waals surface area contributed by atoms with E-state index in [1.54, 1.807) is 14.2 Å². The van der Waals surface area contributed by atoms with E-state index in [0.29, 0.717) is 23.4 Å². The minimum absolute atomic E-state index is 0.487. The molecule has 0 saturated carbocycles. The Hall–Kier alpha value is -3.87. The van der Waals surface area contributed by atoms with E-state index in [1.165, 1.54) is 0 Å². The van der Waals surface area contributed by atoms with E-state index in [2.05, 4.69) is 20.3 Å². The van der Waals surface area contributed by atoms with E-state index in [1.807, 2.05) is 79.2 Å². The van der Waals surface area contributed by atoms with Gasteiger partial charge >= 0.3 is 0 Å². The molecule has 4 rings (SSSR count). The van der Waals surface area contributed by atoms with Crippen molar-refractivity contribution >= 4 is 11.9 Å². The Kier molecular flexibility index (Phi) is 5.34. The molecule has 0 fully saturated rings. The molecule has 0 aliphatic heterocycles. The SMILES string of the molecule is COc1ccc(OC)c(-n2c(-c3ccccc3)cnc2Nc2nc(C)cc(C)n2)c1. The summed E-state index contributed by atoms with van der Waals surface area (Å²) in [4.78, 5) is 13.6. The number of hydrogen-bond donors (Lipinski definition) is 1. The van der Waals surface area contributed by atoms with Crippen molar-refractivity contribution in [2.24, 2.45) is 0 Å². The topological polar surface area (TPSA) is 74.1 Å². The number of nitrogens with one attached hydrogen (secondary N) is 1. The molecule has 30 heavy (non-hydrogen) atoms. The van der Waals surface area contributed by atoms with Crippen molar-refractivity contribution in [3.05, 3.63) is 72.2 Å². The summed E-state index contributed by atoms with van der Waals surface area (Å²) in [6.07, 6.45) is 1.82. The van der Waals surface area contributed by atoms with Crippen LogP contribution in [0.4, 0.5) is 11.9 Å². The number of aromatic nitrogens is 4. The largest absolute Gasteiger partial charge is 0.497 e. The molecule has 0 unspecified atom stereocenters. The molecular weight excluding hydrogens is 378 g/mol. The van der Waals surface area contributed by atoms with Crippen LogP contribution < -0.4 is 14.8 Å². The predicted octanol–water partition coefficient (Wildman–Crippen LogP) is 4.71. The van der Waals surface area contributed by atoms with Gasteiger partial charge in [0.25, 0.3) is 0 Å². The fraction of sp³-hybridized carbons (Fsp3) is 0.174. The highest BCUT2D eigenvalue weighted by atomic mass is 16.5. The average Bonchev–Trinajstić information content (AvgIpc) is 3.16. The summed E-state index contributed by atoms with van der Waals surface area (Å²) in [7, 11) is 3.28. The lowest BCUT2D eigenvalue weighted by molar-refractivity contribution is 0.401. The van der Waals surface area contributed by atoms with Crippen molar-refractivity contribution in [3.8, 4) is 28.4 Å². The molecule has 0 aliphatic rings. The predicted molar refractivity (Wildman–Crippen MR) is 117 cm³/mol. The van der Waals surface area contributed by atoms with Gasteiger partial charge in [-0.2, -0.15) is 0 Å². The first-order valence-electron chi connectivity index (χ1n) is 9.54. The van der Waals surface area contributed by atoms with Crippen molar-refractivity contribution in [2.75, 3.05) is 19.5 Å². The number of anilines is 2. The molecule has 152 valence electrons. The Morgan fingerprint density at radius 3 is 2.27 bits per heavy atom. The third-order valence-corrected chi connectivity index (χ3v) is 4.66. The van der Waals surface area contributed by atoms with Gasteiger partial charge in [-0.15, -0.1) is 0 Å². The number of aryl methyl sites for hydroxylation is 2. The molecule has 1 N–H and O–H groups in total. The molecule has 2 aromatic carbocycles. The molecule has 4 aromatic rings. The van der Waals surface area contributed by atoms with E-state index in [-0.39, 0.29) is 0 Å². The second-order valence-corrected chi connectivity index (χ2v) is 6.81. The lowest BCUT2D eigenvalue weighted by Crippen LogP contribution is -2.08. The number of methoxy groups -OCH3 is 2. The van der Waals surface area contributed by atoms with Gasteiger partial charge in [-0.25, -0.2) is 15.0 Å². The van der Waals surface area contributed by atoms with Crippen LogP contribution in [0.25, 0.3) is 16.9 Å². The first-order chi connectivity index (χ1) is 14.6. The smallest absolute Gasteiger partial charge is 0.229 e. The summed E-state index contributed by atoms with van der Waals surface area (Å²) in [6.45, 7) is 3.87. The highest BCUT2D eigenvalue weighted by Crippen LogP contribution is 2.35. The van der Waals surface area contributed by atoms with Crippen molar-refractivity contribution in [1.29, 1.82) is 0 Å². The second-order valence-electron chi connectivity index (χ2n) is 6.81. The Labute approximate surface area is 175 Å². The van der Waals surface area contributed by atoms with Crippen LogP contribution in [-0.2, 0) is 0 Å². The van der Waals surface area contributed by atoms with Crippen molar-refractivity contribution in [3.63, 3.8) is 0 Å². The molecule has 2 aromatic heterocycles. The molecule has 0 saturated heterocycles. The van der Waals surface area contributed by atoms with Gasteiger partial charge in [0, 0.05) is 23.0 Å². The van der Waals surface area contributed by atoms with Gasteiger partial charge in [0.1, 0.15) is 11.5 Å². The fourth-order valence-electron chi connectivity index (χ4n) is 3.35. The summed E-state index contributed by atoms with van der Waals surface area (Å²) in [5.41, 5.74) is 4.47. The summed E-state index contributed by atoms with van der Waals surface area (Å²) in [6, 6.07) is 17.6. The molecule has 0 bridgehead atoms. The third-order valence-electron chi connectivity index (χ3n) is 4.66. The zero-order valence-corrected chi connectivity index (χ0v) is 17.4. The van der Waals surface area contributed by atoms with Crippen LogP contribution in [0.5, 0.6) is 11.5 Å². The summed E-state index contributed by atoms with van der Waals surface area (Å²) in [5.74, 6) is 2.47. The maximum absolute atomic E-state index is 5.64. The van der Waals surface area contributed by atoms with E-state index in [4.69, 9.17) is 9.47 Å². The molecule has 7 nitrogen and oxygen atoms in total. The maximum Gasteiger partial charge on any atom is 0.229 e. The second kappa shape index (κ2) is 8.24. The summed E-state index contributed by atoms with van der Waals surface area (Å²) >= 11 is 0. The van der Waals surface area contributed by atoms with Gasteiger partial charge in [0.05, 0.1) is 31.8 Å². The van der Waals surface area contributed by atoms with Crippen molar-refractivity contribution in [1.82, 2.24) is 19.5 Å². The van der Waals surface area contributed by atoms with Gasteiger partial charge in [0.15, 0.2) is 0 Å². The number of hydrogen-bond acceptors (Lipinski definition) is 6. The number of ether oxygens (including phenoxy) is 2. The number of nitrogens with zero attached hydrogens (tertiary/aromatic N) is 4. The van der Waals surface area contributed by atoms with Crippen LogP contribution in [0, 0.1) is 13.8 Å². The van der Waals surface area contributed by atoms with Gasteiger partial charge in [0.2, 0.25) is 11.9 Å². The highest BCUT2D eigenvalue weighted by Gasteiger charge is 2.19. The molecule has 0 amide bonds. The zero-order valence-electron chi connectivity index (χ0n) is 17.4. The Bertz CT molecular complexity index is 1150. The number of benzene rings is 2. The lowest BCUT2D eigenvalue weighted by atomic mass is 10.1. The Morgan fingerprint density at radius 1 is 0.867 bits per heavy atom. The molecule has 0 aliphatic carbocycles. The molecule has 2 heterocycles. The number of rotatable bonds is 6. The first-order valence-corrected chi connectivity index (χ1v) is 9.54. The number of imidazole rings is 1. The van der Waals surface area contributed by atoms with E-state index in [0.717, 1.165) is 28.3 Å². The molecule has 0 radical (unpaired) electrons.